The van der Waals surface area contributed by atoms with Gasteiger partial charge in [0.25, 0.3) is 0 Å². The first-order valence-electron chi connectivity index (χ1n) is 6.69. The molecule has 2 fully saturated rings. The zero-order valence-corrected chi connectivity index (χ0v) is 10.6. The lowest BCUT2D eigenvalue weighted by molar-refractivity contribution is 0.171. The SMILES string of the molecule is NCC1(N2CCN(c3ccc(F)cc3)CC2)CC1. The number of piperazine rings is 1. The minimum Gasteiger partial charge on any atom is -0.369 e. The summed E-state index contributed by atoms with van der Waals surface area (Å²) in [5.41, 5.74) is 7.30. The van der Waals surface area contributed by atoms with Gasteiger partial charge in [0.15, 0.2) is 0 Å². The fraction of sp³-hybridized carbons (Fsp3) is 0.571. The summed E-state index contributed by atoms with van der Waals surface area (Å²) in [4.78, 5) is 4.86. The molecule has 0 bridgehead atoms. The Balaban J connectivity index is 1.61. The first-order valence-corrected chi connectivity index (χ1v) is 6.69. The molecule has 0 atom stereocenters. The highest BCUT2D eigenvalue weighted by Crippen LogP contribution is 2.41. The zero-order chi connectivity index (χ0) is 12.6. The molecule has 3 nitrogen and oxygen atoms in total. The normalized spacial score (nSPS) is 23.1. The molecule has 1 aromatic rings. The Kier molecular flexibility index (Phi) is 2.99. The summed E-state index contributed by atoms with van der Waals surface area (Å²) in [7, 11) is 0. The maximum atomic E-state index is 12.9. The van der Waals surface area contributed by atoms with Crippen LogP contribution in [0.2, 0.25) is 0 Å². The molecule has 1 aromatic carbocycles. The van der Waals surface area contributed by atoms with Crippen LogP contribution >= 0.6 is 0 Å². The molecule has 1 heterocycles. The van der Waals surface area contributed by atoms with Gasteiger partial charge in [-0.15, -0.1) is 0 Å². The Morgan fingerprint density at radius 1 is 1.06 bits per heavy atom. The van der Waals surface area contributed by atoms with Crippen LogP contribution in [0, 0.1) is 5.82 Å². The van der Waals surface area contributed by atoms with Crippen LogP contribution in [0.25, 0.3) is 0 Å². The average Bonchev–Trinajstić information content (AvgIpc) is 3.21. The van der Waals surface area contributed by atoms with Crippen molar-refractivity contribution in [3.8, 4) is 0 Å². The third kappa shape index (κ3) is 2.10. The molecule has 4 heteroatoms. The molecule has 0 radical (unpaired) electrons. The summed E-state index contributed by atoms with van der Waals surface area (Å²) in [5.74, 6) is -0.169. The number of hydrogen-bond donors (Lipinski definition) is 1. The molecular weight excluding hydrogens is 229 g/mol. The van der Waals surface area contributed by atoms with Crippen molar-refractivity contribution in [2.45, 2.75) is 18.4 Å². The summed E-state index contributed by atoms with van der Waals surface area (Å²) in [6, 6.07) is 6.79. The Morgan fingerprint density at radius 2 is 1.67 bits per heavy atom. The smallest absolute Gasteiger partial charge is 0.123 e. The van der Waals surface area contributed by atoms with E-state index in [1.807, 2.05) is 12.1 Å². The van der Waals surface area contributed by atoms with Gasteiger partial charge in [-0.3, -0.25) is 4.90 Å². The monoisotopic (exact) mass is 249 g/mol. The molecule has 1 saturated carbocycles. The van der Waals surface area contributed by atoms with Crippen LogP contribution in [0.3, 0.4) is 0 Å². The lowest BCUT2D eigenvalue weighted by Crippen LogP contribution is -2.53. The molecule has 2 aliphatic rings. The molecule has 3 rings (SSSR count). The quantitative estimate of drug-likeness (QED) is 0.880. The topological polar surface area (TPSA) is 32.5 Å². The van der Waals surface area contributed by atoms with Gasteiger partial charge in [0.05, 0.1) is 0 Å². The predicted molar refractivity (Wildman–Crippen MR) is 71.2 cm³/mol. The minimum absolute atomic E-state index is 0.169. The average molecular weight is 249 g/mol. The molecule has 1 aliphatic heterocycles. The highest BCUT2D eigenvalue weighted by Gasteiger charge is 2.47. The van der Waals surface area contributed by atoms with E-state index in [2.05, 4.69) is 9.80 Å². The van der Waals surface area contributed by atoms with Crippen molar-refractivity contribution >= 4 is 5.69 Å². The lowest BCUT2D eigenvalue weighted by atomic mass is 10.1. The van der Waals surface area contributed by atoms with Crippen LogP contribution in [-0.4, -0.2) is 43.2 Å². The van der Waals surface area contributed by atoms with E-state index in [0.29, 0.717) is 5.54 Å². The Morgan fingerprint density at radius 3 is 2.17 bits per heavy atom. The third-order valence-electron chi connectivity index (χ3n) is 4.35. The van der Waals surface area contributed by atoms with Gasteiger partial charge in [-0.2, -0.15) is 0 Å². The van der Waals surface area contributed by atoms with Crippen LogP contribution in [0.15, 0.2) is 24.3 Å². The Hall–Kier alpha value is -1.13. The van der Waals surface area contributed by atoms with E-state index in [4.69, 9.17) is 5.73 Å². The van der Waals surface area contributed by atoms with E-state index in [9.17, 15) is 4.39 Å². The number of halogens is 1. The number of rotatable bonds is 3. The molecule has 0 spiro atoms. The van der Waals surface area contributed by atoms with Gasteiger partial charge in [0, 0.05) is 44.0 Å². The Labute approximate surface area is 107 Å². The maximum absolute atomic E-state index is 12.9. The van der Waals surface area contributed by atoms with Gasteiger partial charge < -0.3 is 10.6 Å². The molecule has 0 unspecified atom stereocenters. The van der Waals surface area contributed by atoms with Crippen molar-refractivity contribution in [3.63, 3.8) is 0 Å². The molecule has 98 valence electrons. The first kappa shape index (κ1) is 11.9. The molecule has 2 N–H and O–H groups in total. The van der Waals surface area contributed by atoms with E-state index >= 15 is 0 Å². The van der Waals surface area contributed by atoms with Crippen molar-refractivity contribution in [3.05, 3.63) is 30.1 Å². The summed E-state index contributed by atoms with van der Waals surface area (Å²) in [6.45, 7) is 4.92. The fourth-order valence-electron chi connectivity index (χ4n) is 2.88. The second-order valence-electron chi connectivity index (χ2n) is 5.38. The molecule has 1 saturated heterocycles. The summed E-state index contributed by atoms with van der Waals surface area (Å²) >= 11 is 0. The number of nitrogens with zero attached hydrogens (tertiary/aromatic N) is 2. The predicted octanol–water partition coefficient (Wildman–Crippen LogP) is 1.44. The van der Waals surface area contributed by atoms with Crippen molar-refractivity contribution < 1.29 is 4.39 Å². The van der Waals surface area contributed by atoms with Crippen LogP contribution in [-0.2, 0) is 0 Å². The molecule has 1 aliphatic carbocycles. The minimum atomic E-state index is -0.169. The standard InChI is InChI=1S/C14H20FN3/c15-12-1-3-13(4-2-12)17-7-9-18(10-8-17)14(11-16)5-6-14/h1-4H,5-11,16H2. The molecule has 18 heavy (non-hydrogen) atoms. The van der Waals surface area contributed by atoms with Gasteiger partial charge in [0.2, 0.25) is 0 Å². The summed E-state index contributed by atoms with van der Waals surface area (Å²) in [5, 5.41) is 0. The fourth-order valence-corrected chi connectivity index (χ4v) is 2.88. The largest absolute Gasteiger partial charge is 0.369 e. The number of benzene rings is 1. The zero-order valence-electron chi connectivity index (χ0n) is 10.6. The van der Waals surface area contributed by atoms with Gasteiger partial charge >= 0.3 is 0 Å². The van der Waals surface area contributed by atoms with Gasteiger partial charge in [0.1, 0.15) is 5.82 Å². The molecule has 0 aromatic heterocycles. The van der Waals surface area contributed by atoms with E-state index in [-0.39, 0.29) is 5.82 Å². The summed E-state index contributed by atoms with van der Waals surface area (Å²) in [6.07, 6.45) is 2.50. The highest BCUT2D eigenvalue weighted by molar-refractivity contribution is 5.46. The van der Waals surface area contributed by atoms with E-state index in [1.54, 1.807) is 0 Å². The Bertz CT molecular complexity index is 406. The number of anilines is 1. The first-order chi connectivity index (χ1) is 8.73. The van der Waals surface area contributed by atoms with Crippen LogP contribution in [0.4, 0.5) is 10.1 Å². The van der Waals surface area contributed by atoms with Gasteiger partial charge in [-0.1, -0.05) is 0 Å². The second-order valence-corrected chi connectivity index (χ2v) is 5.38. The molecular formula is C14H20FN3. The van der Waals surface area contributed by atoms with Crippen LogP contribution in [0.1, 0.15) is 12.8 Å². The van der Waals surface area contributed by atoms with E-state index in [1.165, 1.54) is 25.0 Å². The second kappa shape index (κ2) is 4.52. The highest BCUT2D eigenvalue weighted by atomic mass is 19.1. The van der Waals surface area contributed by atoms with Crippen molar-refractivity contribution in [1.29, 1.82) is 0 Å². The van der Waals surface area contributed by atoms with E-state index in [0.717, 1.165) is 38.4 Å². The van der Waals surface area contributed by atoms with Crippen LogP contribution in [0.5, 0.6) is 0 Å². The summed E-state index contributed by atoms with van der Waals surface area (Å²) < 4.78 is 12.9. The van der Waals surface area contributed by atoms with Crippen molar-refractivity contribution in [2.75, 3.05) is 37.6 Å². The molecule has 0 amide bonds. The lowest BCUT2D eigenvalue weighted by Gasteiger charge is -2.40. The maximum Gasteiger partial charge on any atom is 0.123 e. The van der Waals surface area contributed by atoms with E-state index < -0.39 is 0 Å². The number of hydrogen-bond acceptors (Lipinski definition) is 3. The number of nitrogens with two attached hydrogens (primary N) is 1. The van der Waals surface area contributed by atoms with Gasteiger partial charge in [-0.05, 0) is 37.1 Å². The van der Waals surface area contributed by atoms with Crippen molar-refractivity contribution in [2.24, 2.45) is 5.73 Å². The van der Waals surface area contributed by atoms with Gasteiger partial charge in [-0.25, -0.2) is 4.39 Å². The van der Waals surface area contributed by atoms with Crippen LogP contribution < -0.4 is 10.6 Å². The third-order valence-corrected chi connectivity index (χ3v) is 4.35. The van der Waals surface area contributed by atoms with Crippen molar-refractivity contribution in [1.82, 2.24) is 4.90 Å².